The number of benzene rings is 4. The molecule has 0 bridgehead atoms. The number of aliphatic imine (C=N–C) groups is 2. The minimum atomic E-state index is -0.00525. The largest absolute Gasteiger partial charge is 0.353 e. The van der Waals surface area contributed by atoms with Crippen molar-refractivity contribution in [2.75, 3.05) is 0 Å². The summed E-state index contributed by atoms with van der Waals surface area (Å²) < 4.78 is 0. The molecule has 0 aliphatic rings. The van der Waals surface area contributed by atoms with Crippen molar-refractivity contribution in [1.29, 1.82) is 0 Å². The van der Waals surface area contributed by atoms with E-state index >= 15 is 0 Å². The van der Waals surface area contributed by atoms with Crippen molar-refractivity contribution in [3.63, 3.8) is 0 Å². The fourth-order valence-electron chi connectivity index (χ4n) is 5.05. The Morgan fingerprint density at radius 1 is 0.538 bits per heavy atom. The highest BCUT2D eigenvalue weighted by Gasteiger charge is 2.23. The summed E-state index contributed by atoms with van der Waals surface area (Å²) in [6, 6.07) is 29.8. The molecule has 0 aliphatic carbocycles. The van der Waals surface area contributed by atoms with Gasteiger partial charge in [0.25, 0.3) is 0 Å². The molecule has 0 saturated heterocycles. The van der Waals surface area contributed by atoms with Crippen molar-refractivity contribution >= 4 is 44.6 Å². The van der Waals surface area contributed by atoms with Crippen LogP contribution in [0.4, 0.5) is 11.4 Å². The highest BCUT2D eigenvalue weighted by Crippen LogP contribution is 2.38. The fourth-order valence-corrected chi connectivity index (χ4v) is 5.05. The molecule has 0 radical (unpaired) electrons. The van der Waals surface area contributed by atoms with E-state index in [9.17, 15) is 0 Å². The van der Waals surface area contributed by atoms with Gasteiger partial charge in [0.2, 0.25) is 0 Å². The first-order valence-electron chi connectivity index (χ1n) is 13.8. The van der Waals surface area contributed by atoms with Gasteiger partial charge in [-0.1, -0.05) is 77.9 Å². The van der Waals surface area contributed by atoms with Gasteiger partial charge in [-0.15, -0.1) is 0 Å². The molecule has 0 atom stereocenters. The number of H-pyrrole nitrogens is 1. The van der Waals surface area contributed by atoms with Crippen LogP contribution in [0.1, 0.15) is 77.6 Å². The minimum absolute atomic E-state index is 0.00525. The molecule has 5 aromatic rings. The predicted molar refractivity (Wildman–Crippen MR) is 170 cm³/mol. The molecule has 3 heteroatoms. The first-order valence-corrected chi connectivity index (χ1v) is 13.8. The molecule has 198 valence electrons. The summed E-state index contributed by atoms with van der Waals surface area (Å²) in [4.78, 5) is 13.9. The van der Waals surface area contributed by atoms with E-state index in [0.717, 1.165) is 45.0 Å². The Morgan fingerprint density at radius 3 is 1.23 bits per heavy atom. The van der Waals surface area contributed by atoms with E-state index in [-0.39, 0.29) is 10.8 Å². The average Bonchev–Trinajstić information content (AvgIpc) is 3.26. The lowest BCUT2D eigenvalue weighted by atomic mass is 9.83. The van der Waals surface area contributed by atoms with Gasteiger partial charge in [-0.25, -0.2) is 0 Å². The number of nitrogens with one attached hydrogen (secondary N) is 1. The van der Waals surface area contributed by atoms with E-state index in [1.165, 1.54) is 21.9 Å². The molecule has 0 saturated carbocycles. The van der Waals surface area contributed by atoms with E-state index < -0.39 is 0 Å². The van der Waals surface area contributed by atoms with Crippen LogP contribution >= 0.6 is 0 Å². The van der Waals surface area contributed by atoms with Crippen LogP contribution in [-0.4, -0.2) is 16.4 Å². The zero-order chi connectivity index (χ0) is 27.9. The Bertz CT molecular complexity index is 1580. The third-order valence-electron chi connectivity index (χ3n) is 7.43. The number of hydrogen-bond acceptors (Lipinski definition) is 2. The summed E-state index contributed by atoms with van der Waals surface area (Å²) in [6.45, 7) is 17.9. The lowest BCUT2D eigenvalue weighted by molar-refractivity contribution is 0.590. The van der Waals surface area contributed by atoms with E-state index in [0.29, 0.717) is 0 Å². The van der Waals surface area contributed by atoms with Crippen LogP contribution < -0.4 is 0 Å². The van der Waals surface area contributed by atoms with Crippen LogP contribution in [0.15, 0.2) is 94.9 Å². The van der Waals surface area contributed by atoms with Crippen LogP contribution in [0.2, 0.25) is 0 Å². The molecule has 0 aliphatic heterocycles. The van der Waals surface area contributed by atoms with Crippen molar-refractivity contribution in [1.82, 2.24) is 4.98 Å². The topological polar surface area (TPSA) is 40.5 Å². The van der Waals surface area contributed by atoms with Crippen LogP contribution in [-0.2, 0) is 10.8 Å². The average molecular weight is 514 g/mol. The maximum Gasteiger partial charge on any atom is 0.0633 e. The maximum atomic E-state index is 5.02. The lowest BCUT2D eigenvalue weighted by Crippen LogP contribution is -2.13. The van der Waals surface area contributed by atoms with E-state index in [1.807, 2.05) is 36.4 Å². The second kappa shape index (κ2) is 9.96. The van der Waals surface area contributed by atoms with Crippen LogP contribution in [0.25, 0.3) is 21.8 Å². The fraction of sp³-hybridized carbons (Fsp3) is 0.278. The van der Waals surface area contributed by atoms with E-state index in [2.05, 4.69) is 109 Å². The number of hydrogen-bond donors (Lipinski definition) is 1. The van der Waals surface area contributed by atoms with Crippen molar-refractivity contribution in [2.24, 2.45) is 9.98 Å². The number of aromatic amines is 1. The second-order valence-electron chi connectivity index (χ2n) is 12.6. The molecule has 0 spiro atoms. The Hall–Kier alpha value is -3.98. The number of rotatable bonds is 4. The molecular formula is C36H39N3. The van der Waals surface area contributed by atoms with Crippen LogP contribution in [0, 0.1) is 0 Å². The first-order chi connectivity index (χ1) is 18.4. The Morgan fingerprint density at radius 2 is 0.897 bits per heavy atom. The van der Waals surface area contributed by atoms with Gasteiger partial charge in [-0.2, -0.15) is 0 Å². The van der Waals surface area contributed by atoms with Gasteiger partial charge in [0.1, 0.15) is 0 Å². The SMILES string of the molecule is CC(=Nc1ccccc1)c1cc(C(C)(C)C)cc2c1[nH]c1c(C(C)=Nc3ccccc3)cc(C(C)(C)C)cc12. The smallest absolute Gasteiger partial charge is 0.0633 e. The molecule has 1 aromatic heterocycles. The quantitative estimate of drug-likeness (QED) is 0.232. The summed E-state index contributed by atoms with van der Waals surface area (Å²) in [5, 5.41) is 2.46. The third-order valence-corrected chi connectivity index (χ3v) is 7.43. The van der Waals surface area contributed by atoms with Crippen molar-refractivity contribution in [3.05, 3.63) is 107 Å². The summed E-state index contributed by atoms with van der Waals surface area (Å²) in [5.41, 5.74) is 11.0. The molecular weight excluding hydrogens is 474 g/mol. The molecule has 0 amide bonds. The Labute approximate surface area is 232 Å². The van der Waals surface area contributed by atoms with Crippen LogP contribution in [0.3, 0.4) is 0 Å². The second-order valence-corrected chi connectivity index (χ2v) is 12.6. The number of nitrogens with zero attached hydrogens (tertiary/aromatic N) is 2. The molecule has 4 aromatic carbocycles. The third kappa shape index (κ3) is 5.45. The van der Waals surface area contributed by atoms with E-state index in [1.54, 1.807) is 0 Å². The van der Waals surface area contributed by atoms with Gasteiger partial charge in [-0.05, 0) is 84.3 Å². The summed E-state index contributed by atoms with van der Waals surface area (Å²) in [5.74, 6) is 0. The Balaban J connectivity index is 1.85. The van der Waals surface area contributed by atoms with Gasteiger partial charge >= 0.3 is 0 Å². The number of fused-ring (bicyclic) bond motifs is 3. The molecule has 0 unspecified atom stereocenters. The standard InChI is InChI=1S/C36H39N3/c1-23(37-27-15-11-9-12-16-27)29-19-25(35(3,4)5)21-31-32-22-26(36(6,7)8)20-30(34(32)39-33(29)31)24(2)38-28-17-13-10-14-18-28/h9-22,39H,1-8H3. The number of aromatic nitrogens is 1. The molecule has 3 nitrogen and oxygen atoms in total. The zero-order valence-electron chi connectivity index (χ0n) is 24.5. The first kappa shape index (κ1) is 26.6. The van der Waals surface area contributed by atoms with Gasteiger partial charge < -0.3 is 4.98 Å². The van der Waals surface area contributed by atoms with Crippen LogP contribution in [0.5, 0.6) is 0 Å². The predicted octanol–water partition coefficient (Wildman–Crippen LogP) is 10.2. The monoisotopic (exact) mass is 513 g/mol. The molecule has 1 heterocycles. The molecule has 0 fully saturated rings. The Kier molecular flexibility index (Phi) is 6.80. The van der Waals surface area contributed by atoms with Crippen molar-refractivity contribution in [2.45, 2.75) is 66.2 Å². The molecule has 39 heavy (non-hydrogen) atoms. The lowest BCUT2D eigenvalue weighted by Gasteiger charge is -2.21. The minimum Gasteiger partial charge on any atom is -0.353 e. The number of para-hydroxylation sites is 2. The molecule has 1 N–H and O–H groups in total. The molecule has 5 rings (SSSR count). The normalized spacial score (nSPS) is 13.4. The summed E-state index contributed by atoms with van der Waals surface area (Å²) >= 11 is 0. The van der Waals surface area contributed by atoms with Gasteiger partial charge in [0.05, 0.1) is 22.4 Å². The van der Waals surface area contributed by atoms with Gasteiger partial charge in [0.15, 0.2) is 0 Å². The van der Waals surface area contributed by atoms with Crippen molar-refractivity contribution < 1.29 is 0 Å². The summed E-state index contributed by atoms with van der Waals surface area (Å²) in [6.07, 6.45) is 0. The van der Waals surface area contributed by atoms with Gasteiger partial charge in [0, 0.05) is 33.3 Å². The zero-order valence-corrected chi connectivity index (χ0v) is 24.5. The van der Waals surface area contributed by atoms with E-state index in [4.69, 9.17) is 9.98 Å². The maximum absolute atomic E-state index is 5.02. The highest BCUT2D eigenvalue weighted by molar-refractivity contribution is 6.21. The summed E-state index contributed by atoms with van der Waals surface area (Å²) in [7, 11) is 0. The highest BCUT2D eigenvalue weighted by atomic mass is 14.8. The van der Waals surface area contributed by atoms with Crippen molar-refractivity contribution in [3.8, 4) is 0 Å². The van der Waals surface area contributed by atoms with Gasteiger partial charge in [-0.3, -0.25) is 9.98 Å².